The quantitative estimate of drug-likeness (QED) is 0.543. The first-order valence-electron chi connectivity index (χ1n) is 9.18. The van der Waals surface area contributed by atoms with Crippen LogP contribution < -0.4 is 5.32 Å². The first kappa shape index (κ1) is 17.7. The first-order valence-corrected chi connectivity index (χ1v) is 9.18. The molecule has 140 valence electrons. The fourth-order valence-corrected chi connectivity index (χ4v) is 3.07. The van der Waals surface area contributed by atoms with Crippen molar-refractivity contribution < 1.29 is 4.79 Å². The molecule has 2 aromatic carbocycles. The predicted molar refractivity (Wildman–Crippen MR) is 107 cm³/mol. The lowest BCUT2D eigenvalue weighted by atomic mass is 10.1. The fraction of sp³-hybridized carbons (Fsp3) is 0.136. The molecule has 0 saturated carbocycles. The summed E-state index contributed by atoms with van der Waals surface area (Å²) in [5.74, 6) is -0.0264. The highest BCUT2D eigenvalue weighted by Gasteiger charge is 2.09. The number of carbonyl (C=O) groups excluding carboxylic acids is 1. The highest BCUT2D eigenvalue weighted by Crippen LogP contribution is 2.11. The Bertz CT molecular complexity index is 1040. The van der Waals surface area contributed by atoms with Crippen molar-refractivity contribution in [3.05, 3.63) is 102 Å². The zero-order chi connectivity index (χ0) is 19.2. The Labute approximate surface area is 163 Å². The second-order valence-corrected chi connectivity index (χ2v) is 6.55. The van der Waals surface area contributed by atoms with Crippen LogP contribution in [0.3, 0.4) is 0 Å². The number of benzene rings is 2. The Balaban J connectivity index is 1.36. The number of nitrogens with one attached hydrogen (secondary N) is 1. The summed E-state index contributed by atoms with van der Waals surface area (Å²) >= 11 is 0. The van der Waals surface area contributed by atoms with Gasteiger partial charge in [-0.1, -0.05) is 42.5 Å². The molecular formula is C22H21N5O. The monoisotopic (exact) mass is 371 g/mol. The smallest absolute Gasteiger partial charge is 0.224 e. The summed E-state index contributed by atoms with van der Waals surface area (Å²) < 4.78 is 3.65. The van der Waals surface area contributed by atoms with Crippen LogP contribution in [-0.2, 0) is 24.3 Å². The van der Waals surface area contributed by atoms with Crippen LogP contribution in [0.5, 0.6) is 0 Å². The lowest BCUT2D eigenvalue weighted by molar-refractivity contribution is -0.120. The van der Waals surface area contributed by atoms with E-state index in [2.05, 4.69) is 21.6 Å². The van der Waals surface area contributed by atoms with Gasteiger partial charge in [0.05, 0.1) is 24.8 Å². The van der Waals surface area contributed by atoms with E-state index in [1.54, 1.807) is 17.1 Å². The number of rotatable bonds is 7. The molecule has 6 nitrogen and oxygen atoms in total. The lowest BCUT2D eigenvalue weighted by Gasteiger charge is -2.11. The molecule has 1 amide bonds. The summed E-state index contributed by atoms with van der Waals surface area (Å²) in [5, 5.41) is 11.6. The maximum atomic E-state index is 12.4. The van der Waals surface area contributed by atoms with Gasteiger partial charge in [0.1, 0.15) is 0 Å². The molecule has 0 aliphatic rings. The third-order valence-electron chi connectivity index (χ3n) is 4.51. The van der Waals surface area contributed by atoms with Crippen molar-refractivity contribution in [3.8, 4) is 5.69 Å². The largest absolute Gasteiger partial charge is 0.352 e. The van der Waals surface area contributed by atoms with Crippen LogP contribution in [0.15, 0.2) is 85.5 Å². The molecule has 0 fully saturated rings. The van der Waals surface area contributed by atoms with E-state index in [0.717, 1.165) is 22.4 Å². The molecule has 2 heterocycles. The average molecular weight is 371 g/mol. The van der Waals surface area contributed by atoms with E-state index < -0.39 is 0 Å². The maximum Gasteiger partial charge on any atom is 0.224 e. The van der Waals surface area contributed by atoms with Gasteiger partial charge in [0.15, 0.2) is 0 Å². The number of hydrogen-bond donors (Lipinski definition) is 1. The molecule has 2 aromatic heterocycles. The zero-order valence-corrected chi connectivity index (χ0v) is 15.4. The molecule has 0 aliphatic carbocycles. The third kappa shape index (κ3) is 4.35. The van der Waals surface area contributed by atoms with Gasteiger partial charge >= 0.3 is 0 Å². The third-order valence-corrected chi connectivity index (χ3v) is 4.51. The molecule has 1 N–H and O–H groups in total. The van der Waals surface area contributed by atoms with Crippen molar-refractivity contribution in [1.29, 1.82) is 0 Å². The highest BCUT2D eigenvalue weighted by atomic mass is 16.1. The summed E-state index contributed by atoms with van der Waals surface area (Å²) in [5.41, 5.74) is 4.09. The van der Waals surface area contributed by atoms with E-state index >= 15 is 0 Å². The summed E-state index contributed by atoms with van der Waals surface area (Å²) in [7, 11) is 0. The Morgan fingerprint density at radius 2 is 1.71 bits per heavy atom. The van der Waals surface area contributed by atoms with Crippen molar-refractivity contribution in [2.75, 3.05) is 0 Å². The van der Waals surface area contributed by atoms with Gasteiger partial charge in [0.25, 0.3) is 0 Å². The van der Waals surface area contributed by atoms with Gasteiger partial charge in [0, 0.05) is 25.1 Å². The number of hydrogen-bond acceptors (Lipinski definition) is 3. The van der Waals surface area contributed by atoms with Gasteiger partial charge in [0.2, 0.25) is 5.91 Å². The molecule has 0 radical (unpaired) electrons. The topological polar surface area (TPSA) is 64.7 Å². The van der Waals surface area contributed by atoms with Crippen LogP contribution in [0.25, 0.3) is 5.69 Å². The fourth-order valence-electron chi connectivity index (χ4n) is 3.07. The van der Waals surface area contributed by atoms with E-state index in [-0.39, 0.29) is 5.91 Å². The summed E-state index contributed by atoms with van der Waals surface area (Å²) in [6, 6.07) is 19.8. The van der Waals surface area contributed by atoms with Crippen molar-refractivity contribution in [2.24, 2.45) is 0 Å². The number of amides is 1. The Morgan fingerprint density at radius 1 is 0.929 bits per heavy atom. The van der Waals surface area contributed by atoms with Crippen molar-refractivity contribution in [1.82, 2.24) is 24.9 Å². The van der Waals surface area contributed by atoms with E-state index in [9.17, 15) is 4.79 Å². The second-order valence-electron chi connectivity index (χ2n) is 6.55. The molecule has 0 atom stereocenters. The highest BCUT2D eigenvalue weighted by molar-refractivity contribution is 5.78. The summed E-state index contributed by atoms with van der Waals surface area (Å²) in [6.45, 7) is 1.17. The van der Waals surface area contributed by atoms with Crippen LogP contribution in [0.4, 0.5) is 0 Å². The van der Waals surface area contributed by atoms with E-state index in [1.807, 2.05) is 71.7 Å². The van der Waals surface area contributed by atoms with Gasteiger partial charge in [-0.05, 0) is 34.9 Å². The molecule has 6 heteroatoms. The summed E-state index contributed by atoms with van der Waals surface area (Å²) in [6.07, 6.45) is 7.62. The minimum atomic E-state index is -0.0264. The predicted octanol–water partition coefficient (Wildman–Crippen LogP) is 2.98. The van der Waals surface area contributed by atoms with E-state index in [4.69, 9.17) is 0 Å². The zero-order valence-electron chi connectivity index (χ0n) is 15.4. The van der Waals surface area contributed by atoms with Gasteiger partial charge in [-0.25, -0.2) is 4.68 Å². The van der Waals surface area contributed by atoms with Crippen LogP contribution in [0, 0.1) is 0 Å². The SMILES string of the molecule is O=C(Cc1cnn(-c2ccccc2)c1)NCc1ccccc1Cn1cccn1. The minimum absolute atomic E-state index is 0.0264. The number of aromatic nitrogens is 4. The maximum absolute atomic E-state index is 12.4. The Kier molecular flexibility index (Phi) is 5.29. The van der Waals surface area contributed by atoms with Crippen LogP contribution >= 0.6 is 0 Å². The van der Waals surface area contributed by atoms with Crippen LogP contribution in [-0.4, -0.2) is 25.5 Å². The molecule has 0 saturated heterocycles. The van der Waals surface area contributed by atoms with Gasteiger partial charge in [-0.3, -0.25) is 9.48 Å². The van der Waals surface area contributed by atoms with Gasteiger partial charge in [-0.15, -0.1) is 0 Å². The van der Waals surface area contributed by atoms with Gasteiger partial charge < -0.3 is 5.32 Å². The molecule has 28 heavy (non-hydrogen) atoms. The van der Waals surface area contributed by atoms with Crippen LogP contribution in [0.2, 0.25) is 0 Å². The number of nitrogens with zero attached hydrogens (tertiary/aromatic N) is 4. The van der Waals surface area contributed by atoms with E-state index in [0.29, 0.717) is 19.5 Å². The van der Waals surface area contributed by atoms with Crippen LogP contribution in [0.1, 0.15) is 16.7 Å². The normalized spacial score (nSPS) is 10.7. The van der Waals surface area contributed by atoms with Crippen molar-refractivity contribution >= 4 is 5.91 Å². The molecule has 0 unspecified atom stereocenters. The molecular weight excluding hydrogens is 350 g/mol. The average Bonchev–Trinajstić information content (AvgIpc) is 3.40. The Hall–Kier alpha value is -3.67. The second kappa shape index (κ2) is 8.35. The number of para-hydroxylation sites is 1. The van der Waals surface area contributed by atoms with Crippen molar-refractivity contribution in [2.45, 2.75) is 19.5 Å². The Morgan fingerprint density at radius 3 is 2.50 bits per heavy atom. The van der Waals surface area contributed by atoms with E-state index in [1.165, 1.54) is 0 Å². The standard InChI is InChI=1S/C22H21N5O/c28-22(13-18-14-25-27(16-18)21-9-2-1-3-10-21)23-15-19-7-4-5-8-20(19)17-26-12-6-11-24-26/h1-12,14,16H,13,15,17H2,(H,23,28). The van der Waals surface area contributed by atoms with Crippen molar-refractivity contribution in [3.63, 3.8) is 0 Å². The first-order chi connectivity index (χ1) is 13.8. The lowest BCUT2D eigenvalue weighted by Crippen LogP contribution is -2.25. The molecule has 0 aliphatic heterocycles. The number of carbonyl (C=O) groups is 1. The molecule has 0 spiro atoms. The molecule has 4 aromatic rings. The minimum Gasteiger partial charge on any atom is -0.352 e. The molecule has 4 rings (SSSR count). The van der Waals surface area contributed by atoms with Gasteiger partial charge in [-0.2, -0.15) is 10.2 Å². The summed E-state index contributed by atoms with van der Waals surface area (Å²) in [4.78, 5) is 12.4. The molecule has 0 bridgehead atoms.